The molecule has 0 fully saturated rings. The van der Waals surface area contributed by atoms with Crippen LogP contribution in [-0.2, 0) is 14.3 Å². The Morgan fingerprint density at radius 2 is 1.95 bits per heavy atom. The normalized spacial score (nSPS) is 10.0. The molecule has 1 aromatic carbocycles. The minimum absolute atomic E-state index is 0.0108. The van der Waals surface area contributed by atoms with Crippen LogP contribution in [0.15, 0.2) is 24.3 Å². The van der Waals surface area contributed by atoms with Gasteiger partial charge in [0.25, 0.3) is 0 Å². The van der Waals surface area contributed by atoms with E-state index in [2.05, 4.69) is 16.0 Å². The smallest absolute Gasteiger partial charge is 0.221 e. The van der Waals surface area contributed by atoms with E-state index in [0.717, 1.165) is 17.8 Å². The molecule has 0 bridgehead atoms. The van der Waals surface area contributed by atoms with Crippen LogP contribution in [0, 0.1) is 0 Å². The van der Waals surface area contributed by atoms with Gasteiger partial charge in [0, 0.05) is 51.5 Å². The van der Waals surface area contributed by atoms with Crippen LogP contribution in [0.1, 0.15) is 19.8 Å². The van der Waals surface area contributed by atoms with Crippen LogP contribution in [0.4, 0.5) is 11.4 Å². The molecule has 0 heterocycles. The number of methoxy groups -OCH3 is 1. The van der Waals surface area contributed by atoms with Gasteiger partial charge in [0.15, 0.2) is 0 Å². The third kappa shape index (κ3) is 7.94. The number of carbonyl (C=O) groups is 2. The summed E-state index contributed by atoms with van der Waals surface area (Å²) in [6.45, 7) is 3.28. The summed E-state index contributed by atoms with van der Waals surface area (Å²) in [5, 5.41) is 8.69. The van der Waals surface area contributed by atoms with Crippen molar-refractivity contribution >= 4 is 23.2 Å². The average Bonchev–Trinajstić information content (AvgIpc) is 2.43. The highest BCUT2D eigenvalue weighted by molar-refractivity contribution is 5.89. The van der Waals surface area contributed by atoms with Crippen molar-refractivity contribution < 1.29 is 14.3 Å². The maximum Gasteiger partial charge on any atom is 0.221 e. The number of amides is 2. The van der Waals surface area contributed by atoms with Crippen molar-refractivity contribution in [2.45, 2.75) is 19.8 Å². The number of benzene rings is 1. The lowest BCUT2D eigenvalue weighted by atomic mass is 10.2. The molecule has 0 aliphatic heterocycles. The van der Waals surface area contributed by atoms with E-state index in [-0.39, 0.29) is 11.8 Å². The van der Waals surface area contributed by atoms with Gasteiger partial charge in [0.1, 0.15) is 0 Å². The summed E-state index contributed by atoms with van der Waals surface area (Å²) in [6.07, 6.45) is 1.21. The van der Waals surface area contributed by atoms with Gasteiger partial charge in [-0.2, -0.15) is 0 Å². The van der Waals surface area contributed by atoms with E-state index >= 15 is 0 Å². The van der Waals surface area contributed by atoms with E-state index in [9.17, 15) is 9.59 Å². The highest BCUT2D eigenvalue weighted by Crippen LogP contribution is 2.14. The molecular weight excluding hydrogens is 270 g/mol. The third-order valence-corrected chi connectivity index (χ3v) is 2.71. The van der Waals surface area contributed by atoms with Gasteiger partial charge in [0.2, 0.25) is 11.8 Å². The first kappa shape index (κ1) is 17.0. The lowest BCUT2D eigenvalue weighted by Crippen LogP contribution is -2.26. The minimum Gasteiger partial charge on any atom is -0.385 e. The Bertz CT molecular complexity index is 463. The molecular formula is C15H23N3O3. The van der Waals surface area contributed by atoms with Gasteiger partial charge in [0.05, 0.1) is 0 Å². The van der Waals surface area contributed by atoms with E-state index in [1.807, 2.05) is 24.3 Å². The first-order valence-electron chi connectivity index (χ1n) is 6.99. The molecule has 2 amide bonds. The van der Waals surface area contributed by atoms with Crippen LogP contribution in [0.5, 0.6) is 0 Å². The molecule has 116 valence electrons. The third-order valence-electron chi connectivity index (χ3n) is 2.71. The summed E-state index contributed by atoms with van der Waals surface area (Å²) in [5.74, 6) is -0.0980. The summed E-state index contributed by atoms with van der Waals surface area (Å²) < 4.78 is 4.91. The van der Waals surface area contributed by atoms with E-state index in [4.69, 9.17) is 4.74 Å². The standard InChI is InChI=1S/C15H23N3O3/c1-12(19)18-14-6-3-5-13(11-14)16-9-7-15(20)17-8-4-10-21-2/h3,5-6,11,16H,4,7-10H2,1-2H3,(H,17,20)(H,18,19). The molecule has 0 aromatic heterocycles. The Morgan fingerprint density at radius 1 is 1.19 bits per heavy atom. The van der Waals surface area contributed by atoms with Crippen molar-refractivity contribution in [1.29, 1.82) is 0 Å². The molecule has 0 atom stereocenters. The zero-order valence-electron chi connectivity index (χ0n) is 12.6. The second-order valence-electron chi connectivity index (χ2n) is 4.64. The molecule has 0 unspecified atom stereocenters. The average molecular weight is 293 g/mol. The lowest BCUT2D eigenvalue weighted by Gasteiger charge is -2.09. The highest BCUT2D eigenvalue weighted by Gasteiger charge is 2.01. The van der Waals surface area contributed by atoms with Gasteiger partial charge < -0.3 is 20.7 Å². The van der Waals surface area contributed by atoms with Crippen LogP contribution in [0.2, 0.25) is 0 Å². The Balaban J connectivity index is 2.25. The maximum atomic E-state index is 11.6. The number of hydrogen-bond donors (Lipinski definition) is 3. The van der Waals surface area contributed by atoms with E-state index in [0.29, 0.717) is 26.1 Å². The largest absolute Gasteiger partial charge is 0.385 e. The monoisotopic (exact) mass is 293 g/mol. The summed E-state index contributed by atoms with van der Waals surface area (Å²) in [4.78, 5) is 22.5. The van der Waals surface area contributed by atoms with Crippen molar-refractivity contribution in [1.82, 2.24) is 5.32 Å². The van der Waals surface area contributed by atoms with Crippen molar-refractivity contribution in [3.8, 4) is 0 Å². The van der Waals surface area contributed by atoms with Gasteiger partial charge in [-0.05, 0) is 24.6 Å². The number of ether oxygens (including phenoxy) is 1. The Hall–Kier alpha value is -2.08. The fourth-order valence-electron chi connectivity index (χ4n) is 1.76. The van der Waals surface area contributed by atoms with Gasteiger partial charge in [-0.15, -0.1) is 0 Å². The van der Waals surface area contributed by atoms with Crippen molar-refractivity contribution in [3.05, 3.63) is 24.3 Å². The molecule has 0 spiro atoms. The first-order chi connectivity index (χ1) is 10.1. The van der Waals surface area contributed by atoms with Crippen LogP contribution >= 0.6 is 0 Å². The molecule has 0 saturated heterocycles. The molecule has 6 heteroatoms. The van der Waals surface area contributed by atoms with Crippen molar-refractivity contribution in [2.24, 2.45) is 0 Å². The second-order valence-corrected chi connectivity index (χ2v) is 4.64. The van der Waals surface area contributed by atoms with Crippen LogP contribution in [0.3, 0.4) is 0 Å². The van der Waals surface area contributed by atoms with Crippen molar-refractivity contribution in [3.63, 3.8) is 0 Å². The number of rotatable bonds is 9. The molecule has 21 heavy (non-hydrogen) atoms. The maximum absolute atomic E-state index is 11.6. The first-order valence-corrected chi connectivity index (χ1v) is 6.99. The Kier molecular flexibility index (Phi) is 7.89. The highest BCUT2D eigenvalue weighted by atomic mass is 16.5. The zero-order valence-corrected chi connectivity index (χ0v) is 12.6. The molecule has 0 saturated carbocycles. The van der Waals surface area contributed by atoms with Gasteiger partial charge in [-0.1, -0.05) is 6.07 Å². The lowest BCUT2D eigenvalue weighted by molar-refractivity contribution is -0.120. The van der Waals surface area contributed by atoms with Crippen molar-refractivity contribution in [2.75, 3.05) is 37.4 Å². The number of anilines is 2. The molecule has 3 N–H and O–H groups in total. The Labute approximate surface area is 125 Å². The SMILES string of the molecule is COCCCNC(=O)CCNc1cccc(NC(C)=O)c1. The minimum atomic E-state index is -0.109. The van der Waals surface area contributed by atoms with Crippen LogP contribution < -0.4 is 16.0 Å². The zero-order chi connectivity index (χ0) is 15.5. The molecule has 1 rings (SSSR count). The van der Waals surface area contributed by atoms with Crippen LogP contribution in [-0.4, -0.2) is 38.6 Å². The second kappa shape index (κ2) is 9.77. The molecule has 0 aliphatic rings. The quantitative estimate of drug-likeness (QED) is 0.604. The topological polar surface area (TPSA) is 79.5 Å². The number of carbonyl (C=O) groups excluding carboxylic acids is 2. The van der Waals surface area contributed by atoms with Crippen LogP contribution in [0.25, 0.3) is 0 Å². The van der Waals surface area contributed by atoms with Gasteiger partial charge in [-0.3, -0.25) is 9.59 Å². The summed E-state index contributed by atoms with van der Waals surface area (Å²) in [5.41, 5.74) is 1.60. The fourth-order valence-corrected chi connectivity index (χ4v) is 1.76. The van der Waals surface area contributed by atoms with E-state index < -0.39 is 0 Å². The predicted octanol–water partition coefficient (Wildman–Crippen LogP) is 1.60. The summed E-state index contributed by atoms with van der Waals surface area (Å²) in [7, 11) is 1.64. The summed E-state index contributed by atoms with van der Waals surface area (Å²) >= 11 is 0. The fraction of sp³-hybridized carbons (Fsp3) is 0.467. The molecule has 1 aromatic rings. The molecule has 0 radical (unpaired) electrons. The molecule has 6 nitrogen and oxygen atoms in total. The number of nitrogens with one attached hydrogen (secondary N) is 3. The Morgan fingerprint density at radius 3 is 2.67 bits per heavy atom. The van der Waals surface area contributed by atoms with E-state index in [1.54, 1.807) is 7.11 Å². The van der Waals surface area contributed by atoms with Gasteiger partial charge in [-0.25, -0.2) is 0 Å². The van der Waals surface area contributed by atoms with Gasteiger partial charge >= 0.3 is 0 Å². The molecule has 0 aliphatic carbocycles. The predicted molar refractivity (Wildman–Crippen MR) is 83.4 cm³/mol. The number of hydrogen-bond acceptors (Lipinski definition) is 4. The summed E-state index contributed by atoms with van der Waals surface area (Å²) in [6, 6.07) is 7.38. The van der Waals surface area contributed by atoms with E-state index in [1.165, 1.54) is 6.92 Å².